The maximum atomic E-state index is 14.2. The van der Waals surface area contributed by atoms with Gasteiger partial charge in [0, 0.05) is 11.0 Å². The summed E-state index contributed by atoms with van der Waals surface area (Å²) in [4.78, 5) is 27.8. The molecule has 0 spiro atoms. The van der Waals surface area contributed by atoms with E-state index in [0.717, 1.165) is 16.4 Å². The maximum absolute atomic E-state index is 14.2. The Morgan fingerprint density at radius 2 is 1.48 bits per heavy atom. The number of allylic oxidation sites excluding steroid dienone is 2. The molecule has 27 heavy (non-hydrogen) atoms. The van der Waals surface area contributed by atoms with Crippen LogP contribution >= 0.6 is 7.14 Å². The Balaban J connectivity index is 1.62. The van der Waals surface area contributed by atoms with E-state index in [2.05, 4.69) is 0 Å². The van der Waals surface area contributed by atoms with Crippen molar-refractivity contribution in [2.45, 2.75) is 25.2 Å². The zero-order valence-corrected chi connectivity index (χ0v) is 16.1. The highest BCUT2D eigenvalue weighted by Gasteiger charge is 2.70. The van der Waals surface area contributed by atoms with Gasteiger partial charge in [-0.05, 0) is 26.0 Å². The summed E-state index contributed by atoms with van der Waals surface area (Å²) in [5, 5.41) is 0.789. The summed E-state index contributed by atoms with van der Waals surface area (Å²) >= 11 is 0. The molecule has 4 nitrogen and oxygen atoms in total. The Hall–Kier alpha value is -2.45. The molecule has 5 heteroatoms. The molecule has 5 atom stereocenters. The van der Waals surface area contributed by atoms with Gasteiger partial charge in [-0.15, -0.1) is 0 Å². The molecule has 3 aliphatic heterocycles. The molecule has 2 aromatic carbocycles. The van der Waals surface area contributed by atoms with Crippen molar-refractivity contribution in [3.05, 3.63) is 71.8 Å². The van der Waals surface area contributed by atoms with Crippen molar-refractivity contribution in [3.8, 4) is 0 Å². The van der Waals surface area contributed by atoms with Crippen LogP contribution in [0, 0.1) is 18.8 Å². The number of fused-ring (bicyclic) bond motifs is 5. The summed E-state index contributed by atoms with van der Waals surface area (Å²) in [5.74, 6) is -1.44. The molecule has 1 unspecified atom stereocenters. The smallest absolute Gasteiger partial charge is 0.238 e. The minimum absolute atomic E-state index is 0.205. The highest BCUT2D eigenvalue weighted by Crippen LogP contribution is 2.74. The second-order valence-electron chi connectivity index (χ2n) is 7.79. The maximum Gasteiger partial charge on any atom is 0.238 e. The molecule has 0 aliphatic carbocycles. The van der Waals surface area contributed by atoms with Crippen molar-refractivity contribution in [3.63, 3.8) is 0 Å². The Labute approximate surface area is 158 Å². The van der Waals surface area contributed by atoms with E-state index < -0.39 is 19.0 Å². The SMILES string of the molecule is CC1=C[C@H]2[C@H]3C(=O)N(c4ccccc4)C(=O)[C@H]3[C@@H]1P2(=O)c1ccc(C)cc1. The lowest BCUT2D eigenvalue weighted by atomic mass is 9.82. The fraction of sp³-hybridized carbons (Fsp3) is 0.273. The van der Waals surface area contributed by atoms with Crippen molar-refractivity contribution >= 4 is 29.9 Å². The van der Waals surface area contributed by atoms with Crippen LogP contribution < -0.4 is 10.2 Å². The third kappa shape index (κ3) is 2.02. The minimum Gasteiger partial charge on any atom is -0.317 e. The van der Waals surface area contributed by atoms with E-state index in [1.165, 1.54) is 4.90 Å². The number of carbonyl (C=O) groups excluding carboxylic acids is 2. The second kappa shape index (κ2) is 5.53. The first-order valence-corrected chi connectivity index (χ1v) is 11.1. The quantitative estimate of drug-likeness (QED) is 0.457. The number of aryl methyl sites for hydroxylation is 1. The molecular formula is C22H20NO3P. The Bertz CT molecular complexity index is 1040. The van der Waals surface area contributed by atoms with E-state index >= 15 is 0 Å². The van der Waals surface area contributed by atoms with Crippen LogP contribution in [0.25, 0.3) is 0 Å². The molecule has 2 aromatic rings. The van der Waals surface area contributed by atoms with Gasteiger partial charge in [0.2, 0.25) is 11.8 Å². The van der Waals surface area contributed by atoms with Gasteiger partial charge < -0.3 is 4.57 Å². The lowest BCUT2D eigenvalue weighted by Crippen LogP contribution is -2.35. The molecule has 0 N–H and O–H groups in total. The number of para-hydroxylation sites is 1. The summed E-state index contributed by atoms with van der Waals surface area (Å²) < 4.78 is 14.2. The lowest BCUT2D eigenvalue weighted by molar-refractivity contribution is -0.122. The van der Waals surface area contributed by atoms with Crippen LogP contribution in [-0.2, 0) is 14.2 Å². The van der Waals surface area contributed by atoms with Gasteiger partial charge in [-0.25, -0.2) is 4.90 Å². The summed E-state index contributed by atoms with van der Waals surface area (Å²) in [6.07, 6.45) is 1.99. The molecule has 136 valence electrons. The van der Waals surface area contributed by atoms with Crippen molar-refractivity contribution in [2.75, 3.05) is 4.90 Å². The topological polar surface area (TPSA) is 54.5 Å². The molecule has 3 aliphatic rings. The van der Waals surface area contributed by atoms with Gasteiger partial charge >= 0.3 is 0 Å². The first-order valence-electron chi connectivity index (χ1n) is 9.22. The largest absolute Gasteiger partial charge is 0.317 e. The highest BCUT2D eigenvalue weighted by atomic mass is 31.2. The predicted molar refractivity (Wildman–Crippen MR) is 106 cm³/mol. The Morgan fingerprint density at radius 3 is 2.15 bits per heavy atom. The summed E-state index contributed by atoms with van der Waals surface area (Å²) in [6.45, 7) is 3.94. The van der Waals surface area contributed by atoms with Crippen LogP contribution in [0.3, 0.4) is 0 Å². The third-order valence-electron chi connectivity index (χ3n) is 6.31. The number of anilines is 1. The van der Waals surface area contributed by atoms with Crippen LogP contribution in [0.4, 0.5) is 5.69 Å². The van der Waals surface area contributed by atoms with E-state index in [1.54, 1.807) is 12.1 Å². The zero-order valence-electron chi connectivity index (χ0n) is 15.2. The highest BCUT2D eigenvalue weighted by molar-refractivity contribution is 7.74. The van der Waals surface area contributed by atoms with E-state index in [4.69, 9.17) is 0 Å². The van der Waals surface area contributed by atoms with E-state index in [9.17, 15) is 14.2 Å². The molecular weight excluding hydrogens is 357 g/mol. The zero-order chi connectivity index (χ0) is 18.9. The van der Waals surface area contributed by atoms with Gasteiger partial charge in [0.15, 0.2) is 0 Å². The second-order valence-corrected chi connectivity index (χ2v) is 10.9. The van der Waals surface area contributed by atoms with Gasteiger partial charge in [0.25, 0.3) is 0 Å². The summed E-state index contributed by atoms with van der Waals surface area (Å²) in [5.41, 5.74) is 1.95. The Morgan fingerprint density at radius 1 is 0.852 bits per heavy atom. The van der Waals surface area contributed by atoms with E-state index in [1.807, 2.05) is 62.4 Å². The average molecular weight is 377 g/mol. The van der Waals surface area contributed by atoms with Crippen LogP contribution in [0.1, 0.15) is 12.5 Å². The van der Waals surface area contributed by atoms with Crippen LogP contribution in [0.5, 0.6) is 0 Å². The number of amides is 2. The van der Waals surface area contributed by atoms with Gasteiger partial charge in [-0.3, -0.25) is 9.59 Å². The summed E-state index contributed by atoms with van der Waals surface area (Å²) in [6, 6.07) is 16.8. The number of rotatable bonds is 2. The molecule has 0 aromatic heterocycles. The monoisotopic (exact) mass is 377 g/mol. The number of benzene rings is 2. The molecule has 2 fully saturated rings. The van der Waals surface area contributed by atoms with Crippen LogP contribution in [0.2, 0.25) is 0 Å². The standard InChI is InChI=1S/C22H20NO3P/c1-13-8-10-16(11-9-13)27(26)17-12-14(2)20(27)19-18(17)21(24)23(22(19)25)15-6-4-3-5-7-15/h3-12,17-20H,1-2H3/t17-,18+,19+,20+,27?/m0/s1. The van der Waals surface area contributed by atoms with Gasteiger partial charge in [-0.1, -0.05) is 59.7 Å². The fourth-order valence-corrected chi connectivity index (χ4v) is 9.56. The number of nitrogens with zero attached hydrogens (tertiary/aromatic N) is 1. The molecule has 0 saturated carbocycles. The molecule has 2 bridgehead atoms. The predicted octanol–water partition coefficient (Wildman–Crippen LogP) is 3.50. The first kappa shape index (κ1) is 16.7. The number of carbonyl (C=O) groups is 2. The van der Waals surface area contributed by atoms with Crippen molar-refractivity contribution in [2.24, 2.45) is 11.8 Å². The average Bonchev–Trinajstić information content (AvgIpc) is 3.18. The van der Waals surface area contributed by atoms with Crippen molar-refractivity contribution in [1.29, 1.82) is 0 Å². The van der Waals surface area contributed by atoms with Gasteiger partial charge in [0.1, 0.15) is 7.14 Å². The molecule has 2 amide bonds. The summed E-state index contributed by atoms with van der Waals surface area (Å²) in [7, 11) is -2.90. The molecule has 5 rings (SSSR count). The minimum atomic E-state index is -2.90. The molecule has 3 heterocycles. The fourth-order valence-electron chi connectivity index (χ4n) is 5.18. The number of imide groups is 1. The van der Waals surface area contributed by atoms with E-state index in [0.29, 0.717) is 5.69 Å². The Kier molecular flexibility index (Phi) is 3.42. The first-order chi connectivity index (χ1) is 12.9. The van der Waals surface area contributed by atoms with Gasteiger partial charge in [-0.2, -0.15) is 0 Å². The number of hydrogen-bond donors (Lipinski definition) is 0. The normalized spacial score (nSPS) is 34.1. The van der Waals surface area contributed by atoms with Crippen molar-refractivity contribution < 1.29 is 14.2 Å². The number of hydrogen-bond acceptors (Lipinski definition) is 3. The van der Waals surface area contributed by atoms with Crippen LogP contribution in [-0.4, -0.2) is 23.1 Å². The van der Waals surface area contributed by atoms with Gasteiger partial charge in [0.05, 0.1) is 23.2 Å². The lowest BCUT2D eigenvalue weighted by Gasteiger charge is -2.24. The molecule has 0 radical (unpaired) electrons. The van der Waals surface area contributed by atoms with Crippen LogP contribution in [0.15, 0.2) is 66.2 Å². The third-order valence-corrected chi connectivity index (χ3v) is 10.3. The van der Waals surface area contributed by atoms with Crippen molar-refractivity contribution in [1.82, 2.24) is 0 Å². The molecule has 2 saturated heterocycles. The van der Waals surface area contributed by atoms with E-state index in [-0.39, 0.29) is 23.1 Å².